The second kappa shape index (κ2) is 11.9. The highest BCUT2D eigenvalue weighted by molar-refractivity contribution is 14.0. The van der Waals surface area contributed by atoms with Crippen molar-refractivity contribution in [2.45, 2.75) is 26.8 Å². The molecule has 0 amide bonds. The van der Waals surface area contributed by atoms with E-state index in [0.29, 0.717) is 12.4 Å². The van der Waals surface area contributed by atoms with Crippen molar-refractivity contribution in [1.82, 2.24) is 20.5 Å². The van der Waals surface area contributed by atoms with E-state index >= 15 is 0 Å². The first-order valence-corrected chi connectivity index (χ1v) is 8.77. The van der Waals surface area contributed by atoms with Gasteiger partial charge in [-0.1, -0.05) is 17.7 Å². The minimum Gasteiger partial charge on any atom is -0.444 e. The summed E-state index contributed by atoms with van der Waals surface area (Å²) in [5, 5.41) is 6.60. The van der Waals surface area contributed by atoms with Crippen molar-refractivity contribution in [3.63, 3.8) is 0 Å². The van der Waals surface area contributed by atoms with E-state index < -0.39 is 0 Å². The third-order valence-electron chi connectivity index (χ3n) is 3.67. The van der Waals surface area contributed by atoms with E-state index in [2.05, 4.69) is 65.6 Å². The van der Waals surface area contributed by atoms with Crippen molar-refractivity contribution >= 4 is 29.9 Å². The van der Waals surface area contributed by atoms with Crippen LogP contribution in [0.25, 0.3) is 11.5 Å². The summed E-state index contributed by atoms with van der Waals surface area (Å²) in [6, 6.07) is 8.14. The van der Waals surface area contributed by atoms with Crippen LogP contribution in [-0.2, 0) is 6.54 Å². The molecule has 7 heteroatoms. The van der Waals surface area contributed by atoms with Crippen molar-refractivity contribution in [2.24, 2.45) is 4.99 Å². The summed E-state index contributed by atoms with van der Waals surface area (Å²) < 4.78 is 5.58. The average Bonchev–Trinajstić information content (AvgIpc) is 3.06. The number of nitrogens with zero attached hydrogens (tertiary/aromatic N) is 3. The van der Waals surface area contributed by atoms with Gasteiger partial charge >= 0.3 is 0 Å². The lowest BCUT2D eigenvalue weighted by atomic mass is 10.1. The highest BCUT2D eigenvalue weighted by Crippen LogP contribution is 2.19. The van der Waals surface area contributed by atoms with Gasteiger partial charge in [0.25, 0.3) is 0 Å². The minimum absolute atomic E-state index is 0. The van der Waals surface area contributed by atoms with Crippen LogP contribution >= 0.6 is 24.0 Å². The van der Waals surface area contributed by atoms with E-state index in [4.69, 9.17) is 4.42 Å². The molecule has 0 fully saturated rings. The van der Waals surface area contributed by atoms with Gasteiger partial charge in [-0.3, -0.25) is 0 Å². The first-order valence-electron chi connectivity index (χ1n) is 8.77. The van der Waals surface area contributed by atoms with Gasteiger partial charge in [0.15, 0.2) is 5.96 Å². The summed E-state index contributed by atoms with van der Waals surface area (Å²) in [4.78, 5) is 11.3. The van der Waals surface area contributed by atoms with E-state index in [1.807, 2.05) is 12.1 Å². The summed E-state index contributed by atoms with van der Waals surface area (Å²) in [6.45, 7) is 7.37. The number of hydrogen-bond acceptors (Lipinski definition) is 4. The molecule has 26 heavy (non-hydrogen) atoms. The van der Waals surface area contributed by atoms with E-state index in [1.165, 1.54) is 5.56 Å². The van der Waals surface area contributed by atoms with Gasteiger partial charge in [-0.05, 0) is 53.0 Å². The predicted molar refractivity (Wildman–Crippen MR) is 118 cm³/mol. The van der Waals surface area contributed by atoms with Crippen molar-refractivity contribution in [3.05, 3.63) is 41.8 Å². The molecule has 0 saturated heterocycles. The smallest absolute Gasteiger partial charge is 0.226 e. The second-order valence-corrected chi connectivity index (χ2v) is 6.29. The molecule has 0 aliphatic carbocycles. The summed E-state index contributed by atoms with van der Waals surface area (Å²) in [5.74, 6) is 1.44. The normalized spacial score (nSPS) is 11.3. The molecule has 0 atom stereocenters. The molecule has 144 valence electrons. The van der Waals surface area contributed by atoms with Crippen LogP contribution in [0.15, 0.2) is 39.9 Å². The number of aromatic nitrogens is 1. The lowest BCUT2D eigenvalue weighted by Crippen LogP contribution is -2.38. The van der Waals surface area contributed by atoms with Gasteiger partial charge in [0, 0.05) is 18.7 Å². The molecule has 1 aromatic carbocycles. The molecule has 0 bridgehead atoms. The maximum atomic E-state index is 5.58. The minimum atomic E-state index is 0. The Balaban J connectivity index is 0.00000338. The zero-order valence-electron chi connectivity index (χ0n) is 16.1. The van der Waals surface area contributed by atoms with E-state index in [1.54, 1.807) is 6.26 Å². The second-order valence-electron chi connectivity index (χ2n) is 6.29. The molecule has 0 aliphatic heterocycles. The molecule has 6 nitrogen and oxygen atoms in total. The molecule has 0 radical (unpaired) electrons. The topological polar surface area (TPSA) is 65.7 Å². The van der Waals surface area contributed by atoms with Crippen molar-refractivity contribution < 1.29 is 4.42 Å². The van der Waals surface area contributed by atoms with Crippen LogP contribution in [0.5, 0.6) is 0 Å². The molecule has 0 saturated carbocycles. The van der Waals surface area contributed by atoms with Gasteiger partial charge in [0.1, 0.15) is 12.0 Å². The van der Waals surface area contributed by atoms with E-state index in [9.17, 15) is 0 Å². The molecular weight excluding hydrogens is 441 g/mol. The molecule has 1 heterocycles. The standard InChI is InChI=1S/C19H29N5O.HI/c1-5-20-19(21-11-6-12-24(3)4)22-13-17-14-25-18(23-17)16-9-7-15(2)8-10-16;/h7-10,14H,5-6,11-13H2,1-4H3,(H2,20,21,22);1H. The summed E-state index contributed by atoms with van der Waals surface area (Å²) in [5.41, 5.74) is 3.02. The number of benzene rings is 1. The number of rotatable bonds is 8. The number of hydrogen-bond donors (Lipinski definition) is 2. The van der Waals surface area contributed by atoms with Gasteiger partial charge in [-0.2, -0.15) is 0 Å². The van der Waals surface area contributed by atoms with Gasteiger partial charge in [0.2, 0.25) is 5.89 Å². The monoisotopic (exact) mass is 471 g/mol. The fourth-order valence-electron chi connectivity index (χ4n) is 2.31. The Morgan fingerprint density at radius 1 is 1.19 bits per heavy atom. The highest BCUT2D eigenvalue weighted by atomic mass is 127. The third kappa shape index (κ3) is 7.74. The van der Waals surface area contributed by atoms with Crippen LogP contribution in [-0.4, -0.2) is 49.6 Å². The lowest BCUT2D eigenvalue weighted by Gasteiger charge is -2.13. The SMILES string of the molecule is CCNC(=NCc1coc(-c2ccc(C)cc2)n1)NCCCN(C)C.I. The van der Waals surface area contributed by atoms with Crippen molar-refractivity contribution in [3.8, 4) is 11.5 Å². The van der Waals surface area contributed by atoms with Crippen LogP contribution in [0.3, 0.4) is 0 Å². The molecular formula is C19H30IN5O. The predicted octanol–water partition coefficient (Wildman–Crippen LogP) is 3.27. The highest BCUT2D eigenvalue weighted by Gasteiger charge is 2.06. The summed E-state index contributed by atoms with van der Waals surface area (Å²) in [7, 11) is 4.16. The fourth-order valence-corrected chi connectivity index (χ4v) is 2.31. The van der Waals surface area contributed by atoms with Crippen LogP contribution < -0.4 is 10.6 Å². The first-order chi connectivity index (χ1) is 12.1. The van der Waals surface area contributed by atoms with Crippen LogP contribution in [0.4, 0.5) is 0 Å². The molecule has 0 aliphatic rings. The summed E-state index contributed by atoms with van der Waals surface area (Å²) >= 11 is 0. The molecule has 1 aromatic heterocycles. The quantitative estimate of drug-likeness (QED) is 0.268. The number of aryl methyl sites for hydroxylation is 1. The van der Waals surface area contributed by atoms with Crippen molar-refractivity contribution in [2.75, 3.05) is 33.7 Å². The zero-order chi connectivity index (χ0) is 18.1. The van der Waals surface area contributed by atoms with Crippen LogP contribution in [0.1, 0.15) is 24.6 Å². The Morgan fingerprint density at radius 2 is 1.92 bits per heavy atom. The van der Waals surface area contributed by atoms with Gasteiger partial charge in [0.05, 0.1) is 6.54 Å². The maximum Gasteiger partial charge on any atom is 0.226 e. The van der Waals surface area contributed by atoms with E-state index in [0.717, 1.165) is 43.3 Å². The first kappa shape index (κ1) is 22.4. The molecule has 2 aromatic rings. The Bertz CT molecular complexity index is 667. The van der Waals surface area contributed by atoms with Gasteiger partial charge < -0.3 is 20.0 Å². The van der Waals surface area contributed by atoms with Crippen LogP contribution in [0, 0.1) is 6.92 Å². The Hall–Kier alpha value is -1.61. The number of nitrogens with one attached hydrogen (secondary N) is 2. The van der Waals surface area contributed by atoms with Crippen molar-refractivity contribution in [1.29, 1.82) is 0 Å². The number of guanidine groups is 1. The Labute approximate surface area is 173 Å². The third-order valence-corrected chi connectivity index (χ3v) is 3.67. The Morgan fingerprint density at radius 3 is 2.58 bits per heavy atom. The summed E-state index contributed by atoms with van der Waals surface area (Å²) in [6.07, 6.45) is 2.74. The largest absolute Gasteiger partial charge is 0.444 e. The van der Waals surface area contributed by atoms with Gasteiger partial charge in [-0.15, -0.1) is 24.0 Å². The maximum absolute atomic E-state index is 5.58. The molecule has 0 spiro atoms. The van der Waals surface area contributed by atoms with Gasteiger partial charge in [-0.25, -0.2) is 9.98 Å². The van der Waals surface area contributed by atoms with E-state index in [-0.39, 0.29) is 24.0 Å². The number of aliphatic imine (C=N–C) groups is 1. The number of halogens is 1. The Kier molecular flexibility index (Phi) is 10.3. The molecule has 2 rings (SSSR count). The zero-order valence-corrected chi connectivity index (χ0v) is 18.4. The average molecular weight is 471 g/mol. The fraction of sp³-hybridized carbons (Fsp3) is 0.474. The lowest BCUT2D eigenvalue weighted by molar-refractivity contribution is 0.399. The molecule has 0 unspecified atom stereocenters. The van der Waals surface area contributed by atoms with Crippen LogP contribution in [0.2, 0.25) is 0 Å². The molecule has 2 N–H and O–H groups in total. The number of oxazole rings is 1.